The number of nitriles is 1. The third-order valence-electron chi connectivity index (χ3n) is 7.18. The van der Waals surface area contributed by atoms with Gasteiger partial charge in [-0.2, -0.15) is 5.26 Å². The minimum atomic E-state index is -0.817. The van der Waals surface area contributed by atoms with Gasteiger partial charge in [-0.15, -0.1) is 0 Å². The Morgan fingerprint density at radius 3 is 2.22 bits per heavy atom. The van der Waals surface area contributed by atoms with E-state index in [9.17, 15) is 9.59 Å². The van der Waals surface area contributed by atoms with Crippen LogP contribution in [0.15, 0.2) is 73.3 Å². The molecule has 2 aromatic carbocycles. The Balaban J connectivity index is 1.41. The molecular weight excluding hydrogens is 524 g/mol. The standard InChI is InChI=1S/C30H28N6O5/c1-30(2)40-23-21(15-9-10-16-31)39-29(24(23)41-30)35-18-34-22-25(35)32-17-33-26(22)36(27(37)19-11-5-3-6-12-19)28(38)20-13-7-4-8-14-20/h3-8,11-14,17-18,21,23-24,29H,9-10,15H2,1-2H3/t21-,23-,24-,29-/m1/s1. The molecule has 41 heavy (non-hydrogen) atoms. The highest BCUT2D eigenvalue weighted by molar-refractivity contribution is 6.27. The Kier molecular flexibility index (Phi) is 7.05. The number of carbonyl (C=O) groups excluding carboxylic acids is 2. The van der Waals surface area contributed by atoms with Crippen LogP contribution < -0.4 is 4.90 Å². The molecule has 4 aromatic rings. The first kappa shape index (κ1) is 26.7. The van der Waals surface area contributed by atoms with Crippen molar-refractivity contribution in [3.8, 4) is 6.07 Å². The number of unbranched alkanes of at least 4 members (excludes halogenated alkanes) is 1. The number of imidazole rings is 1. The number of carbonyl (C=O) groups is 2. The lowest BCUT2D eigenvalue weighted by molar-refractivity contribution is -0.197. The second-order valence-corrected chi connectivity index (χ2v) is 10.4. The maximum Gasteiger partial charge on any atom is 0.266 e. The van der Waals surface area contributed by atoms with Gasteiger partial charge in [0.2, 0.25) is 0 Å². The lowest BCUT2D eigenvalue weighted by Crippen LogP contribution is -2.38. The topological polar surface area (TPSA) is 132 Å². The molecule has 4 heterocycles. The van der Waals surface area contributed by atoms with Crippen molar-refractivity contribution in [1.82, 2.24) is 19.5 Å². The SMILES string of the molecule is CC1(C)O[C@@H]2[C@H](O1)[C@@H](CCCC#N)O[C@H]2n1cnc2c(N(C(=O)c3ccccc3)C(=O)c3ccccc3)ncnc21. The van der Waals surface area contributed by atoms with E-state index in [1.807, 2.05) is 13.8 Å². The summed E-state index contributed by atoms with van der Waals surface area (Å²) in [7, 11) is 0. The van der Waals surface area contributed by atoms with Crippen molar-refractivity contribution < 1.29 is 23.8 Å². The van der Waals surface area contributed by atoms with Gasteiger partial charge < -0.3 is 14.2 Å². The number of anilines is 1. The molecule has 2 saturated heterocycles. The molecule has 208 valence electrons. The van der Waals surface area contributed by atoms with Crippen molar-refractivity contribution in [3.63, 3.8) is 0 Å². The first-order valence-corrected chi connectivity index (χ1v) is 13.4. The average molecular weight is 553 g/mol. The summed E-state index contributed by atoms with van der Waals surface area (Å²) >= 11 is 0. The second-order valence-electron chi connectivity index (χ2n) is 10.4. The number of fused-ring (bicyclic) bond motifs is 2. The molecule has 0 bridgehead atoms. The van der Waals surface area contributed by atoms with Gasteiger partial charge in [0.15, 0.2) is 29.0 Å². The monoisotopic (exact) mass is 552 g/mol. The van der Waals surface area contributed by atoms with Gasteiger partial charge in [0.1, 0.15) is 18.5 Å². The molecule has 6 rings (SSSR count). The van der Waals surface area contributed by atoms with E-state index in [-0.39, 0.29) is 23.5 Å². The van der Waals surface area contributed by atoms with E-state index in [2.05, 4.69) is 21.0 Å². The van der Waals surface area contributed by atoms with E-state index in [1.165, 1.54) is 6.33 Å². The van der Waals surface area contributed by atoms with Gasteiger partial charge >= 0.3 is 0 Å². The summed E-state index contributed by atoms with van der Waals surface area (Å²) in [6.07, 6.45) is 2.82. The molecule has 11 heteroatoms. The zero-order valence-corrected chi connectivity index (χ0v) is 22.6. The summed E-state index contributed by atoms with van der Waals surface area (Å²) in [5.74, 6) is -1.85. The smallest absolute Gasteiger partial charge is 0.266 e. The maximum atomic E-state index is 13.8. The van der Waals surface area contributed by atoms with Gasteiger partial charge in [0.05, 0.1) is 18.5 Å². The lowest BCUT2D eigenvalue weighted by Gasteiger charge is -2.25. The number of hydrogen-bond donors (Lipinski definition) is 0. The summed E-state index contributed by atoms with van der Waals surface area (Å²) in [5, 5.41) is 9.00. The van der Waals surface area contributed by atoms with E-state index in [0.29, 0.717) is 36.0 Å². The number of amides is 2. The highest BCUT2D eigenvalue weighted by Gasteiger charge is 2.55. The van der Waals surface area contributed by atoms with E-state index in [0.717, 1.165) is 4.90 Å². The summed E-state index contributed by atoms with van der Waals surface area (Å²) in [5.41, 5.74) is 1.27. The van der Waals surface area contributed by atoms with Gasteiger partial charge in [-0.25, -0.2) is 19.9 Å². The minimum absolute atomic E-state index is 0.0560. The summed E-state index contributed by atoms with van der Waals surface area (Å²) in [6, 6.07) is 19.2. The molecule has 2 amide bonds. The Bertz CT molecular complexity index is 1570. The molecule has 0 unspecified atom stereocenters. The van der Waals surface area contributed by atoms with Gasteiger partial charge in [0, 0.05) is 17.5 Å². The number of benzene rings is 2. The van der Waals surface area contributed by atoms with Crippen LogP contribution in [0.1, 0.15) is 60.1 Å². The Hall–Kier alpha value is -4.50. The maximum absolute atomic E-state index is 13.8. The molecule has 0 aliphatic carbocycles. The molecule has 2 aliphatic rings. The van der Waals surface area contributed by atoms with Gasteiger partial charge in [0.25, 0.3) is 11.8 Å². The third kappa shape index (κ3) is 4.97. The number of hydrogen-bond acceptors (Lipinski definition) is 9. The Morgan fingerprint density at radius 2 is 1.59 bits per heavy atom. The molecule has 0 radical (unpaired) electrons. The quantitative estimate of drug-likeness (QED) is 0.241. The molecule has 0 saturated carbocycles. The molecule has 2 fully saturated rings. The van der Waals surface area contributed by atoms with Crippen LogP contribution in [0, 0.1) is 11.3 Å². The number of aromatic nitrogens is 4. The summed E-state index contributed by atoms with van der Waals surface area (Å²) in [6.45, 7) is 3.70. The molecule has 0 spiro atoms. The van der Waals surface area contributed by atoms with Crippen molar-refractivity contribution in [1.29, 1.82) is 5.26 Å². The number of nitrogens with zero attached hydrogens (tertiary/aromatic N) is 6. The molecule has 2 aliphatic heterocycles. The van der Waals surface area contributed by atoms with Crippen molar-refractivity contribution in [2.75, 3.05) is 4.90 Å². The Labute approximate surface area is 236 Å². The minimum Gasteiger partial charge on any atom is -0.349 e. The first-order valence-electron chi connectivity index (χ1n) is 13.4. The zero-order valence-electron chi connectivity index (χ0n) is 22.6. The van der Waals surface area contributed by atoms with Crippen LogP contribution in [0.3, 0.4) is 0 Å². The van der Waals surface area contributed by atoms with Crippen LogP contribution in [0.4, 0.5) is 5.82 Å². The van der Waals surface area contributed by atoms with Crippen LogP contribution in [0.5, 0.6) is 0 Å². The largest absolute Gasteiger partial charge is 0.349 e. The normalized spacial score (nSPS) is 22.8. The fourth-order valence-corrected chi connectivity index (χ4v) is 5.39. The second kappa shape index (κ2) is 10.8. The predicted octanol–water partition coefficient (Wildman–Crippen LogP) is 4.42. The van der Waals surface area contributed by atoms with Crippen LogP contribution in [-0.2, 0) is 14.2 Å². The van der Waals surface area contributed by atoms with Gasteiger partial charge in [-0.1, -0.05) is 36.4 Å². The van der Waals surface area contributed by atoms with E-state index < -0.39 is 29.9 Å². The van der Waals surface area contributed by atoms with Crippen LogP contribution >= 0.6 is 0 Å². The molecule has 2 aromatic heterocycles. The van der Waals surface area contributed by atoms with E-state index in [4.69, 9.17) is 19.5 Å². The molecule has 11 nitrogen and oxygen atoms in total. The first-order chi connectivity index (χ1) is 19.9. The van der Waals surface area contributed by atoms with Gasteiger partial charge in [-0.3, -0.25) is 14.2 Å². The summed E-state index contributed by atoms with van der Waals surface area (Å²) in [4.78, 5) is 42.0. The van der Waals surface area contributed by atoms with Crippen molar-refractivity contribution in [2.24, 2.45) is 0 Å². The fourth-order valence-electron chi connectivity index (χ4n) is 5.39. The van der Waals surface area contributed by atoms with Gasteiger partial charge in [-0.05, 0) is 51.0 Å². The van der Waals surface area contributed by atoms with Crippen molar-refractivity contribution in [2.45, 2.75) is 63.4 Å². The van der Waals surface area contributed by atoms with Crippen LogP contribution in [0.25, 0.3) is 11.2 Å². The molecule has 4 atom stereocenters. The summed E-state index contributed by atoms with van der Waals surface area (Å²) < 4.78 is 20.6. The van der Waals surface area contributed by atoms with Crippen molar-refractivity contribution in [3.05, 3.63) is 84.4 Å². The Morgan fingerprint density at radius 1 is 0.951 bits per heavy atom. The molecule has 0 N–H and O–H groups in total. The number of ether oxygens (including phenoxy) is 3. The van der Waals surface area contributed by atoms with E-state index in [1.54, 1.807) is 71.6 Å². The van der Waals surface area contributed by atoms with E-state index >= 15 is 0 Å². The highest BCUT2D eigenvalue weighted by Crippen LogP contribution is 2.45. The number of imide groups is 1. The highest BCUT2D eigenvalue weighted by atomic mass is 16.8. The van der Waals surface area contributed by atoms with Crippen LogP contribution in [0.2, 0.25) is 0 Å². The zero-order chi connectivity index (χ0) is 28.6. The average Bonchev–Trinajstić information content (AvgIpc) is 3.65. The number of rotatable bonds is 7. The predicted molar refractivity (Wildman–Crippen MR) is 147 cm³/mol. The van der Waals surface area contributed by atoms with Crippen molar-refractivity contribution >= 4 is 28.8 Å². The fraction of sp³-hybridized carbons (Fsp3) is 0.333. The van der Waals surface area contributed by atoms with Crippen LogP contribution in [-0.4, -0.2) is 55.4 Å². The molecular formula is C30H28N6O5. The third-order valence-corrected chi connectivity index (χ3v) is 7.18. The lowest BCUT2D eigenvalue weighted by atomic mass is 10.1.